The van der Waals surface area contributed by atoms with Crippen LogP contribution in [0.25, 0.3) is 21.9 Å². The van der Waals surface area contributed by atoms with Crippen molar-refractivity contribution in [3.8, 4) is 5.75 Å². The number of rotatable bonds is 8. The van der Waals surface area contributed by atoms with Crippen LogP contribution < -0.4 is 10.4 Å². The molecular formula is C23H26O5. The lowest BCUT2D eigenvalue weighted by Crippen LogP contribution is -2.11. The smallest absolute Gasteiger partial charge is 0.336 e. The molecule has 0 aliphatic rings. The molecule has 1 aromatic carbocycles. The van der Waals surface area contributed by atoms with Gasteiger partial charge in [-0.15, -0.1) is 0 Å². The normalized spacial score (nSPS) is 13.1. The molecule has 0 spiro atoms. The van der Waals surface area contributed by atoms with Gasteiger partial charge in [0, 0.05) is 18.7 Å². The van der Waals surface area contributed by atoms with Crippen LogP contribution in [-0.2, 0) is 4.74 Å². The van der Waals surface area contributed by atoms with Crippen LogP contribution in [0.3, 0.4) is 0 Å². The van der Waals surface area contributed by atoms with E-state index in [1.54, 1.807) is 18.4 Å². The summed E-state index contributed by atoms with van der Waals surface area (Å²) in [6.07, 6.45) is 6.67. The predicted molar refractivity (Wildman–Crippen MR) is 111 cm³/mol. The maximum atomic E-state index is 11.5. The number of ether oxygens (including phenoxy) is 2. The molecule has 5 nitrogen and oxygen atoms in total. The monoisotopic (exact) mass is 382 g/mol. The molecule has 3 aromatic rings. The molecule has 0 aliphatic heterocycles. The van der Waals surface area contributed by atoms with Gasteiger partial charge in [-0.05, 0) is 52.3 Å². The minimum Gasteiger partial charge on any atom is -0.488 e. The largest absolute Gasteiger partial charge is 0.488 e. The molecule has 2 heterocycles. The first-order chi connectivity index (χ1) is 13.5. The summed E-state index contributed by atoms with van der Waals surface area (Å²) in [4.78, 5) is 11.5. The summed E-state index contributed by atoms with van der Waals surface area (Å²) in [5.74, 6) is 0.653. The van der Waals surface area contributed by atoms with E-state index in [1.165, 1.54) is 17.2 Å². The molecule has 0 saturated carbocycles. The maximum Gasteiger partial charge on any atom is 0.336 e. The Bertz CT molecular complexity index is 1060. The van der Waals surface area contributed by atoms with Crippen molar-refractivity contribution in [1.29, 1.82) is 0 Å². The van der Waals surface area contributed by atoms with Gasteiger partial charge >= 0.3 is 5.63 Å². The topological polar surface area (TPSA) is 61.8 Å². The Kier molecular flexibility index (Phi) is 6.37. The average Bonchev–Trinajstić information content (AvgIpc) is 3.08. The van der Waals surface area contributed by atoms with E-state index in [1.807, 2.05) is 13.0 Å². The van der Waals surface area contributed by atoms with Gasteiger partial charge in [-0.25, -0.2) is 4.79 Å². The summed E-state index contributed by atoms with van der Waals surface area (Å²) in [7, 11) is 0. The summed E-state index contributed by atoms with van der Waals surface area (Å²) >= 11 is 0. The highest BCUT2D eigenvalue weighted by Gasteiger charge is 2.13. The van der Waals surface area contributed by atoms with Crippen molar-refractivity contribution >= 4 is 21.9 Å². The first-order valence-electron chi connectivity index (χ1n) is 9.47. The van der Waals surface area contributed by atoms with Crippen LogP contribution >= 0.6 is 0 Å². The minimum atomic E-state index is -0.402. The van der Waals surface area contributed by atoms with Crippen molar-refractivity contribution in [2.45, 2.75) is 40.2 Å². The third-order valence-electron chi connectivity index (χ3n) is 4.39. The third kappa shape index (κ3) is 4.73. The first kappa shape index (κ1) is 20.0. The van der Waals surface area contributed by atoms with Crippen LogP contribution in [0.1, 0.15) is 34.1 Å². The molecule has 0 saturated heterocycles. The van der Waals surface area contributed by atoms with E-state index < -0.39 is 5.63 Å². The zero-order valence-electron chi connectivity index (χ0n) is 16.8. The van der Waals surface area contributed by atoms with Crippen molar-refractivity contribution < 1.29 is 18.3 Å². The maximum absolute atomic E-state index is 11.5. The van der Waals surface area contributed by atoms with E-state index >= 15 is 0 Å². The molecule has 148 valence electrons. The Labute approximate surface area is 164 Å². The molecule has 1 atom stereocenters. The van der Waals surface area contributed by atoms with Gasteiger partial charge in [-0.2, -0.15) is 0 Å². The molecule has 0 fully saturated rings. The van der Waals surface area contributed by atoms with Gasteiger partial charge in [-0.3, -0.25) is 0 Å². The Morgan fingerprint density at radius 1 is 1.14 bits per heavy atom. The summed E-state index contributed by atoms with van der Waals surface area (Å²) in [6, 6.07) is 6.69. The van der Waals surface area contributed by atoms with Crippen LogP contribution in [0.15, 0.2) is 67.5 Å². The minimum absolute atomic E-state index is 0.0682. The number of hydrogen-bond donors (Lipinski definition) is 0. The van der Waals surface area contributed by atoms with Gasteiger partial charge in [-0.1, -0.05) is 17.2 Å². The van der Waals surface area contributed by atoms with Crippen molar-refractivity contribution in [3.05, 3.63) is 64.2 Å². The van der Waals surface area contributed by atoms with Gasteiger partial charge < -0.3 is 18.3 Å². The van der Waals surface area contributed by atoms with Crippen LogP contribution in [0.4, 0.5) is 0 Å². The fourth-order valence-corrected chi connectivity index (χ4v) is 3.19. The summed E-state index contributed by atoms with van der Waals surface area (Å²) < 4.78 is 22.6. The third-order valence-corrected chi connectivity index (χ3v) is 4.39. The zero-order valence-corrected chi connectivity index (χ0v) is 16.8. The Hall–Kier alpha value is -2.79. The van der Waals surface area contributed by atoms with Gasteiger partial charge in [0.1, 0.15) is 23.5 Å². The van der Waals surface area contributed by atoms with E-state index in [-0.39, 0.29) is 6.10 Å². The highest BCUT2D eigenvalue weighted by atomic mass is 16.5. The molecule has 2 aromatic heterocycles. The number of hydrogen-bond acceptors (Lipinski definition) is 5. The molecule has 0 aliphatic carbocycles. The Balaban J connectivity index is 1.80. The van der Waals surface area contributed by atoms with Crippen molar-refractivity contribution in [3.63, 3.8) is 0 Å². The van der Waals surface area contributed by atoms with E-state index in [2.05, 4.69) is 32.9 Å². The number of benzene rings is 1. The van der Waals surface area contributed by atoms with Gasteiger partial charge in [0.2, 0.25) is 0 Å². The fraction of sp³-hybridized carbons (Fsp3) is 0.348. The number of fused-ring (bicyclic) bond motifs is 2. The molecule has 5 heteroatoms. The standard InChI is InChI=1S/C23H26O5/c1-5-25-17(12-15(2)3)13-16(4)8-10-27-23-18-6-7-22(24)28-21(18)14-20-19(23)9-11-26-20/h6-9,11-12,14,17H,5,10,13H2,1-4H3/b16-8+. The Morgan fingerprint density at radius 3 is 2.68 bits per heavy atom. The Morgan fingerprint density at radius 2 is 1.93 bits per heavy atom. The number of furan rings is 1. The SMILES string of the molecule is CCOC(C=C(C)C)C/C(C)=C/COc1c2ccoc2cc2oc(=O)ccc12. The average molecular weight is 382 g/mol. The van der Waals surface area contributed by atoms with E-state index in [0.29, 0.717) is 30.1 Å². The molecule has 0 amide bonds. The van der Waals surface area contributed by atoms with E-state index in [0.717, 1.165) is 17.2 Å². The lowest BCUT2D eigenvalue weighted by atomic mass is 10.1. The molecule has 0 N–H and O–H groups in total. The highest BCUT2D eigenvalue weighted by Crippen LogP contribution is 2.35. The van der Waals surface area contributed by atoms with E-state index in [9.17, 15) is 4.79 Å². The van der Waals surface area contributed by atoms with Gasteiger partial charge in [0.25, 0.3) is 0 Å². The summed E-state index contributed by atoms with van der Waals surface area (Å²) in [5.41, 5.74) is 3.10. The van der Waals surface area contributed by atoms with Crippen LogP contribution in [0.5, 0.6) is 5.75 Å². The van der Waals surface area contributed by atoms with Gasteiger partial charge in [0.15, 0.2) is 0 Å². The molecule has 1 unspecified atom stereocenters. The first-order valence-corrected chi connectivity index (χ1v) is 9.47. The molecule has 0 radical (unpaired) electrons. The second kappa shape index (κ2) is 8.93. The second-order valence-electron chi connectivity index (χ2n) is 7.01. The number of allylic oxidation sites excluding steroid dienone is 1. The molecule has 3 rings (SSSR count). The van der Waals surface area contributed by atoms with Gasteiger partial charge in [0.05, 0.1) is 23.1 Å². The molecular weight excluding hydrogens is 356 g/mol. The van der Waals surface area contributed by atoms with Crippen LogP contribution in [0, 0.1) is 0 Å². The predicted octanol–water partition coefficient (Wildman–Crippen LogP) is 5.63. The lowest BCUT2D eigenvalue weighted by molar-refractivity contribution is 0.0960. The zero-order chi connectivity index (χ0) is 20.1. The summed E-state index contributed by atoms with van der Waals surface area (Å²) in [5, 5.41) is 1.60. The van der Waals surface area contributed by atoms with Crippen molar-refractivity contribution in [1.82, 2.24) is 0 Å². The van der Waals surface area contributed by atoms with Crippen LogP contribution in [0.2, 0.25) is 0 Å². The van der Waals surface area contributed by atoms with Crippen molar-refractivity contribution in [2.24, 2.45) is 0 Å². The molecule has 0 bridgehead atoms. The summed E-state index contributed by atoms with van der Waals surface area (Å²) in [6.45, 7) is 9.30. The second-order valence-corrected chi connectivity index (χ2v) is 7.01. The molecule has 28 heavy (non-hydrogen) atoms. The highest BCUT2D eigenvalue weighted by molar-refractivity contribution is 6.01. The quantitative estimate of drug-likeness (QED) is 0.373. The van der Waals surface area contributed by atoms with E-state index in [4.69, 9.17) is 18.3 Å². The van der Waals surface area contributed by atoms with Crippen LogP contribution in [-0.4, -0.2) is 19.3 Å². The van der Waals surface area contributed by atoms with Crippen molar-refractivity contribution in [2.75, 3.05) is 13.2 Å². The fourth-order valence-electron chi connectivity index (χ4n) is 3.19. The lowest BCUT2D eigenvalue weighted by Gasteiger charge is -2.14.